The van der Waals surface area contributed by atoms with E-state index in [0.717, 1.165) is 6.07 Å². The molecule has 0 aliphatic heterocycles. The van der Waals surface area contributed by atoms with Gasteiger partial charge in [0.05, 0.1) is 0 Å². The highest BCUT2D eigenvalue weighted by Crippen LogP contribution is 2.35. The van der Waals surface area contributed by atoms with Gasteiger partial charge in [-0.25, -0.2) is 13.2 Å². The van der Waals surface area contributed by atoms with Crippen molar-refractivity contribution < 1.29 is 17.9 Å². The van der Waals surface area contributed by atoms with Gasteiger partial charge in [-0.15, -0.1) is 0 Å². The molecule has 0 aliphatic carbocycles. The maximum atomic E-state index is 13.4. The Hall–Kier alpha value is -2.95. The smallest absolute Gasteiger partial charge is 0.137 e. The van der Waals surface area contributed by atoms with E-state index in [-0.39, 0.29) is 11.5 Å². The quantitative estimate of drug-likeness (QED) is 0.679. The minimum Gasteiger partial charge on any atom is -0.457 e. The lowest BCUT2D eigenvalue weighted by molar-refractivity contribution is 0.478. The number of benzene rings is 3. The molecule has 2 nitrogen and oxygen atoms in total. The van der Waals surface area contributed by atoms with Crippen LogP contribution in [0.5, 0.6) is 11.5 Å². The van der Waals surface area contributed by atoms with Gasteiger partial charge in [-0.05, 0) is 42.0 Å². The predicted octanol–water partition coefficient (Wildman–Crippen LogP) is 5.15. The molecule has 0 radical (unpaired) electrons. The minimum atomic E-state index is -0.700. The van der Waals surface area contributed by atoms with Crippen molar-refractivity contribution >= 4 is 5.69 Å². The molecule has 0 bridgehead atoms. The van der Waals surface area contributed by atoms with Gasteiger partial charge in [-0.3, -0.25) is 0 Å². The number of hydrogen-bond donors (Lipinski definition) is 1. The van der Waals surface area contributed by atoms with Gasteiger partial charge in [0.2, 0.25) is 0 Å². The molecule has 0 aromatic heterocycles. The molecule has 0 unspecified atom stereocenters. The largest absolute Gasteiger partial charge is 0.457 e. The van der Waals surface area contributed by atoms with Gasteiger partial charge >= 0.3 is 0 Å². The Kier molecular flexibility index (Phi) is 3.93. The molecule has 0 fully saturated rings. The SMILES string of the molecule is Nc1ccc(-c2cc(F)cc(F)c2)c(Oc2cccc(F)c2)c1. The van der Waals surface area contributed by atoms with Gasteiger partial charge < -0.3 is 10.5 Å². The molecule has 0 spiro atoms. The predicted molar refractivity (Wildman–Crippen MR) is 82.7 cm³/mol. The van der Waals surface area contributed by atoms with E-state index in [1.54, 1.807) is 18.2 Å². The molecule has 0 saturated carbocycles. The van der Waals surface area contributed by atoms with Crippen LogP contribution in [0.1, 0.15) is 0 Å². The van der Waals surface area contributed by atoms with Gasteiger partial charge in [0, 0.05) is 29.4 Å². The second kappa shape index (κ2) is 6.04. The first-order valence-corrected chi connectivity index (χ1v) is 6.81. The fourth-order valence-electron chi connectivity index (χ4n) is 2.23. The van der Waals surface area contributed by atoms with Crippen molar-refractivity contribution in [2.45, 2.75) is 0 Å². The van der Waals surface area contributed by atoms with E-state index in [1.807, 2.05) is 0 Å². The average Bonchev–Trinajstić information content (AvgIpc) is 2.46. The van der Waals surface area contributed by atoms with Crippen LogP contribution in [0, 0.1) is 17.5 Å². The average molecular weight is 315 g/mol. The van der Waals surface area contributed by atoms with Crippen molar-refractivity contribution in [2.24, 2.45) is 0 Å². The maximum absolute atomic E-state index is 13.4. The van der Waals surface area contributed by atoms with E-state index >= 15 is 0 Å². The van der Waals surface area contributed by atoms with Crippen LogP contribution in [0.3, 0.4) is 0 Å². The Balaban J connectivity index is 2.07. The molecule has 0 heterocycles. The van der Waals surface area contributed by atoms with E-state index in [1.165, 1.54) is 36.4 Å². The summed E-state index contributed by atoms with van der Waals surface area (Å²) in [5, 5.41) is 0. The normalized spacial score (nSPS) is 10.6. The Bertz CT molecular complexity index is 844. The summed E-state index contributed by atoms with van der Waals surface area (Å²) in [6.45, 7) is 0. The van der Waals surface area contributed by atoms with Crippen LogP contribution in [0.25, 0.3) is 11.1 Å². The van der Waals surface area contributed by atoms with Crippen molar-refractivity contribution in [1.82, 2.24) is 0 Å². The molecule has 0 amide bonds. The molecule has 116 valence electrons. The van der Waals surface area contributed by atoms with Crippen LogP contribution < -0.4 is 10.5 Å². The zero-order valence-electron chi connectivity index (χ0n) is 11.9. The summed E-state index contributed by atoms with van der Waals surface area (Å²) in [5.41, 5.74) is 6.91. The zero-order chi connectivity index (χ0) is 16.4. The lowest BCUT2D eigenvalue weighted by Crippen LogP contribution is -1.93. The second-order valence-corrected chi connectivity index (χ2v) is 4.97. The third-order valence-electron chi connectivity index (χ3n) is 3.20. The monoisotopic (exact) mass is 315 g/mol. The maximum Gasteiger partial charge on any atom is 0.137 e. The van der Waals surface area contributed by atoms with E-state index in [9.17, 15) is 13.2 Å². The number of rotatable bonds is 3. The van der Waals surface area contributed by atoms with E-state index < -0.39 is 17.5 Å². The number of hydrogen-bond acceptors (Lipinski definition) is 2. The van der Waals surface area contributed by atoms with Crippen LogP contribution in [0.2, 0.25) is 0 Å². The van der Waals surface area contributed by atoms with Crippen molar-refractivity contribution in [3.8, 4) is 22.6 Å². The molecule has 3 rings (SSSR count). The van der Waals surface area contributed by atoms with Crippen LogP contribution in [-0.4, -0.2) is 0 Å². The van der Waals surface area contributed by atoms with E-state index in [0.29, 0.717) is 16.8 Å². The highest BCUT2D eigenvalue weighted by atomic mass is 19.1. The molecule has 0 saturated heterocycles. The van der Waals surface area contributed by atoms with Gasteiger partial charge in [-0.2, -0.15) is 0 Å². The Morgan fingerprint density at radius 1 is 0.739 bits per heavy atom. The minimum absolute atomic E-state index is 0.258. The number of halogens is 3. The van der Waals surface area contributed by atoms with E-state index in [2.05, 4.69) is 0 Å². The number of ether oxygens (including phenoxy) is 1. The standard InChI is InChI=1S/C18H12F3NO/c19-12-2-1-3-16(9-12)23-18-10-15(22)4-5-17(18)11-6-13(20)8-14(21)7-11/h1-10H,22H2. The van der Waals surface area contributed by atoms with Crippen molar-refractivity contribution in [3.63, 3.8) is 0 Å². The van der Waals surface area contributed by atoms with Crippen LogP contribution in [0.4, 0.5) is 18.9 Å². The summed E-state index contributed by atoms with van der Waals surface area (Å²) >= 11 is 0. The number of nitrogens with two attached hydrogens (primary N) is 1. The zero-order valence-corrected chi connectivity index (χ0v) is 11.9. The van der Waals surface area contributed by atoms with Crippen molar-refractivity contribution in [1.29, 1.82) is 0 Å². The fourth-order valence-corrected chi connectivity index (χ4v) is 2.23. The highest BCUT2D eigenvalue weighted by Gasteiger charge is 2.11. The lowest BCUT2D eigenvalue weighted by Gasteiger charge is -2.13. The van der Waals surface area contributed by atoms with Crippen molar-refractivity contribution in [2.75, 3.05) is 5.73 Å². The molecule has 0 aliphatic rings. The molecular weight excluding hydrogens is 303 g/mol. The topological polar surface area (TPSA) is 35.2 Å². The van der Waals surface area contributed by atoms with Gasteiger partial charge in [-0.1, -0.05) is 6.07 Å². The number of nitrogen functional groups attached to an aromatic ring is 1. The molecule has 5 heteroatoms. The first kappa shape index (κ1) is 15.0. The van der Waals surface area contributed by atoms with E-state index in [4.69, 9.17) is 10.5 Å². The van der Waals surface area contributed by atoms with Crippen LogP contribution in [0.15, 0.2) is 60.7 Å². The Labute approximate surface area is 130 Å². The molecule has 3 aromatic rings. The Morgan fingerprint density at radius 2 is 1.48 bits per heavy atom. The molecule has 23 heavy (non-hydrogen) atoms. The highest BCUT2D eigenvalue weighted by molar-refractivity contribution is 5.73. The second-order valence-electron chi connectivity index (χ2n) is 4.97. The Morgan fingerprint density at radius 3 is 2.17 bits per heavy atom. The molecule has 3 aromatic carbocycles. The van der Waals surface area contributed by atoms with Crippen LogP contribution in [-0.2, 0) is 0 Å². The third kappa shape index (κ3) is 3.45. The summed E-state index contributed by atoms with van der Waals surface area (Å²) in [4.78, 5) is 0. The molecular formula is C18H12F3NO. The summed E-state index contributed by atoms with van der Waals surface area (Å²) in [5.74, 6) is -1.32. The van der Waals surface area contributed by atoms with Crippen LogP contribution >= 0.6 is 0 Å². The van der Waals surface area contributed by atoms with Crippen molar-refractivity contribution in [3.05, 3.63) is 78.1 Å². The first-order valence-electron chi connectivity index (χ1n) is 6.81. The van der Waals surface area contributed by atoms with Gasteiger partial charge in [0.1, 0.15) is 29.0 Å². The van der Waals surface area contributed by atoms with Gasteiger partial charge in [0.25, 0.3) is 0 Å². The lowest BCUT2D eigenvalue weighted by atomic mass is 10.0. The summed E-state index contributed by atoms with van der Waals surface area (Å²) in [6.07, 6.45) is 0. The molecule has 2 N–H and O–H groups in total. The third-order valence-corrected chi connectivity index (χ3v) is 3.20. The fraction of sp³-hybridized carbons (Fsp3) is 0. The summed E-state index contributed by atoms with van der Waals surface area (Å²) < 4.78 is 45.8. The number of anilines is 1. The first-order chi connectivity index (χ1) is 11.0. The summed E-state index contributed by atoms with van der Waals surface area (Å²) in [7, 11) is 0. The van der Waals surface area contributed by atoms with Gasteiger partial charge in [0.15, 0.2) is 0 Å². The summed E-state index contributed by atoms with van der Waals surface area (Å²) in [6, 6.07) is 13.4. The molecule has 0 atom stereocenters.